The summed E-state index contributed by atoms with van der Waals surface area (Å²) in [6, 6.07) is 9.45. The van der Waals surface area contributed by atoms with Gasteiger partial charge in [0, 0.05) is 16.6 Å². The highest BCUT2D eigenvalue weighted by atomic mass is 79.9. The fourth-order valence-electron chi connectivity index (χ4n) is 2.77. The molecule has 0 saturated carbocycles. The highest BCUT2D eigenvalue weighted by Crippen LogP contribution is 2.23. The van der Waals surface area contributed by atoms with E-state index in [0.29, 0.717) is 24.3 Å². The Kier molecular flexibility index (Phi) is 4.82. The largest absolute Gasteiger partial charge is 0.375 e. The van der Waals surface area contributed by atoms with Crippen LogP contribution >= 0.6 is 15.9 Å². The molecule has 1 saturated heterocycles. The first-order chi connectivity index (χ1) is 8.54. The van der Waals surface area contributed by atoms with Crippen molar-refractivity contribution in [1.29, 1.82) is 0 Å². The summed E-state index contributed by atoms with van der Waals surface area (Å²) in [5, 5.41) is 3.72. The van der Waals surface area contributed by atoms with Crippen LogP contribution in [0.1, 0.15) is 45.2 Å². The van der Waals surface area contributed by atoms with E-state index < -0.39 is 0 Å². The lowest BCUT2D eigenvalue weighted by molar-refractivity contribution is -0.0433. The molecule has 3 atom stereocenters. The fourth-order valence-corrected chi connectivity index (χ4v) is 3.18. The zero-order valence-corrected chi connectivity index (χ0v) is 12.9. The van der Waals surface area contributed by atoms with Gasteiger partial charge in [-0.15, -0.1) is 0 Å². The molecule has 1 aromatic rings. The van der Waals surface area contributed by atoms with Crippen molar-refractivity contribution < 1.29 is 4.74 Å². The monoisotopic (exact) mass is 311 g/mol. The van der Waals surface area contributed by atoms with Crippen LogP contribution in [0.5, 0.6) is 0 Å². The van der Waals surface area contributed by atoms with Crippen LogP contribution < -0.4 is 5.32 Å². The molecule has 2 nitrogen and oxygen atoms in total. The lowest BCUT2D eigenvalue weighted by Gasteiger charge is -2.34. The molecule has 100 valence electrons. The van der Waals surface area contributed by atoms with Gasteiger partial charge in [-0.1, -0.05) is 28.1 Å². The van der Waals surface area contributed by atoms with Crippen molar-refractivity contribution in [3.05, 3.63) is 34.3 Å². The van der Waals surface area contributed by atoms with Crippen LogP contribution in [0.2, 0.25) is 0 Å². The van der Waals surface area contributed by atoms with Crippen molar-refractivity contribution in [2.24, 2.45) is 0 Å². The summed E-state index contributed by atoms with van der Waals surface area (Å²) < 4.78 is 6.92. The molecular formula is C15H22BrNO. The Morgan fingerprint density at radius 2 is 1.94 bits per heavy atom. The predicted molar refractivity (Wildman–Crippen MR) is 78.7 cm³/mol. The quantitative estimate of drug-likeness (QED) is 0.909. The highest BCUT2D eigenvalue weighted by molar-refractivity contribution is 9.10. The van der Waals surface area contributed by atoms with E-state index in [4.69, 9.17) is 4.74 Å². The molecule has 1 aliphatic rings. The van der Waals surface area contributed by atoms with Crippen molar-refractivity contribution in [3.63, 3.8) is 0 Å². The number of nitrogens with one attached hydrogen (secondary N) is 1. The van der Waals surface area contributed by atoms with Crippen molar-refractivity contribution >= 4 is 15.9 Å². The summed E-state index contributed by atoms with van der Waals surface area (Å²) in [5.41, 5.74) is 1.33. The Balaban J connectivity index is 1.96. The average Bonchev–Trinajstić information content (AvgIpc) is 2.27. The molecule has 3 heteroatoms. The maximum atomic E-state index is 5.78. The molecular weight excluding hydrogens is 290 g/mol. The molecule has 1 N–H and O–H groups in total. The molecule has 1 aromatic carbocycles. The smallest absolute Gasteiger partial charge is 0.0565 e. The topological polar surface area (TPSA) is 21.3 Å². The van der Waals surface area contributed by atoms with Gasteiger partial charge in [-0.2, -0.15) is 0 Å². The van der Waals surface area contributed by atoms with E-state index in [9.17, 15) is 0 Å². The van der Waals surface area contributed by atoms with Crippen LogP contribution in [-0.2, 0) is 4.74 Å². The van der Waals surface area contributed by atoms with Gasteiger partial charge >= 0.3 is 0 Å². The first-order valence-electron chi connectivity index (χ1n) is 6.71. The van der Waals surface area contributed by atoms with Gasteiger partial charge in [0.25, 0.3) is 0 Å². The summed E-state index contributed by atoms with van der Waals surface area (Å²) in [5.74, 6) is 0. The Labute approximate surface area is 118 Å². The fraction of sp³-hybridized carbons (Fsp3) is 0.600. The van der Waals surface area contributed by atoms with Crippen LogP contribution in [0, 0.1) is 0 Å². The SMILES string of the molecule is CC1CC(N[C@H](C)c2cccc(Br)c2)CC(C)O1. The van der Waals surface area contributed by atoms with Crippen LogP contribution in [0.15, 0.2) is 28.7 Å². The molecule has 1 heterocycles. The number of benzene rings is 1. The molecule has 0 aliphatic carbocycles. The summed E-state index contributed by atoms with van der Waals surface area (Å²) in [4.78, 5) is 0. The summed E-state index contributed by atoms with van der Waals surface area (Å²) in [6.45, 7) is 6.55. The van der Waals surface area contributed by atoms with E-state index in [1.54, 1.807) is 0 Å². The van der Waals surface area contributed by atoms with Gasteiger partial charge in [-0.25, -0.2) is 0 Å². The van der Waals surface area contributed by atoms with Crippen molar-refractivity contribution in [2.75, 3.05) is 0 Å². The van der Waals surface area contributed by atoms with Gasteiger partial charge in [0.2, 0.25) is 0 Å². The van der Waals surface area contributed by atoms with Gasteiger partial charge in [-0.3, -0.25) is 0 Å². The number of hydrogen-bond acceptors (Lipinski definition) is 2. The van der Waals surface area contributed by atoms with Gasteiger partial charge in [-0.05, 0) is 51.3 Å². The lowest BCUT2D eigenvalue weighted by atomic mass is 9.98. The number of ether oxygens (including phenoxy) is 1. The third-order valence-corrected chi connectivity index (χ3v) is 4.03. The van der Waals surface area contributed by atoms with E-state index in [0.717, 1.165) is 17.3 Å². The summed E-state index contributed by atoms with van der Waals surface area (Å²) in [6.07, 6.45) is 2.92. The Morgan fingerprint density at radius 1 is 1.28 bits per heavy atom. The highest BCUT2D eigenvalue weighted by Gasteiger charge is 2.25. The van der Waals surface area contributed by atoms with Crippen LogP contribution in [0.4, 0.5) is 0 Å². The van der Waals surface area contributed by atoms with Crippen molar-refractivity contribution in [3.8, 4) is 0 Å². The van der Waals surface area contributed by atoms with E-state index in [2.05, 4.69) is 66.3 Å². The normalized spacial score (nSPS) is 30.1. The van der Waals surface area contributed by atoms with Crippen LogP contribution in [-0.4, -0.2) is 18.2 Å². The summed E-state index contributed by atoms with van der Waals surface area (Å²) in [7, 11) is 0. The Bertz CT molecular complexity index is 386. The number of halogens is 1. The molecule has 2 rings (SSSR count). The lowest BCUT2D eigenvalue weighted by Crippen LogP contribution is -2.42. The third-order valence-electron chi connectivity index (χ3n) is 3.53. The van der Waals surface area contributed by atoms with E-state index in [-0.39, 0.29) is 0 Å². The zero-order chi connectivity index (χ0) is 13.1. The van der Waals surface area contributed by atoms with Gasteiger partial charge in [0.05, 0.1) is 12.2 Å². The first kappa shape index (κ1) is 14.0. The molecule has 2 unspecified atom stereocenters. The third kappa shape index (κ3) is 3.81. The Morgan fingerprint density at radius 3 is 2.56 bits per heavy atom. The molecule has 0 radical (unpaired) electrons. The number of hydrogen-bond donors (Lipinski definition) is 1. The molecule has 0 bridgehead atoms. The second-order valence-corrected chi connectivity index (χ2v) is 6.28. The molecule has 18 heavy (non-hydrogen) atoms. The van der Waals surface area contributed by atoms with Crippen molar-refractivity contribution in [2.45, 2.75) is 57.9 Å². The average molecular weight is 312 g/mol. The molecule has 1 fully saturated rings. The van der Waals surface area contributed by atoms with Gasteiger partial charge < -0.3 is 10.1 Å². The number of rotatable bonds is 3. The van der Waals surface area contributed by atoms with Crippen molar-refractivity contribution in [1.82, 2.24) is 5.32 Å². The minimum atomic E-state index is 0.362. The molecule has 0 amide bonds. The van der Waals surface area contributed by atoms with Crippen LogP contribution in [0.3, 0.4) is 0 Å². The molecule has 1 aliphatic heterocycles. The van der Waals surface area contributed by atoms with E-state index >= 15 is 0 Å². The zero-order valence-electron chi connectivity index (χ0n) is 11.3. The van der Waals surface area contributed by atoms with Crippen LogP contribution in [0.25, 0.3) is 0 Å². The maximum Gasteiger partial charge on any atom is 0.0565 e. The first-order valence-corrected chi connectivity index (χ1v) is 7.51. The predicted octanol–water partition coefficient (Wildman–Crippen LogP) is 4.06. The Hall–Kier alpha value is -0.380. The summed E-state index contributed by atoms with van der Waals surface area (Å²) >= 11 is 3.53. The van der Waals surface area contributed by atoms with E-state index in [1.165, 1.54) is 5.56 Å². The second-order valence-electron chi connectivity index (χ2n) is 5.37. The van der Waals surface area contributed by atoms with Gasteiger partial charge in [0.1, 0.15) is 0 Å². The second kappa shape index (κ2) is 6.18. The minimum absolute atomic E-state index is 0.362. The minimum Gasteiger partial charge on any atom is -0.375 e. The standard InChI is InChI=1S/C15H22BrNO/c1-10-7-15(8-11(2)18-10)17-12(3)13-5-4-6-14(16)9-13/h4-6,9-12,15,17H,7-8H2,1-3H3/t10?,11?,12-,15?/m1/s1. The van der Waals surface area contributed by atoms with E-state index in [1.807, 2.05) is 0 Å². The van der Waals surface area contributed by atoms with Gasteiger partial charge in [0.15, 0.2) is 0 Å². The molecule has 0 aromatic heterocycles. The molecule has 0 spiro atoms. The maximum absolute atomic E-state index is 5.78.